The second-order valence-electron chi connectivity index (χ2n) is 2.70. The highest BCUT2D eigenvalue weighted by Crippen LogP contribution is 2.24. The molecule has 0 aliphatic rings. The van der Waals surface area contributed by atoms with Crippen molar-refractivity contribution < 1.29 is 22.5 Å². The average Bonchev–Trinajstić information content (AvgIpc) is 2.15. The van der Waals surface area contributed by atoms with Gasteiger partial charge in [-0.3, -0.25) is 9.35 Å². The first-order valence-corrected chi connectivity index (χ1v) is 5.25. The van der Waals surface area contributed by atoms with Crippen molar-refractivity contribution >= 4 is 16.0 Å². The van der Waals surface area contributed by atoms with Gasteiger partial charge in [-0.15, -0.1) is 0 Å². The highest BCUT2D eigenvalue weighted by molar-refractivity contribution is 7.86. The van der Waals surface area contributed by atoms with Crippen molar-refractivity contribution in [3.8, 4) is 5.75 Å². The van der Waals surface area contributed by atoms with E-state index in [-0.39, 0.29) is 11.3 Å². The molecule has 6 nitrogen and oxygen atoms in total. The van der Waals surface area contributed by atoms with Crippen molar-refractivity contribution in [1.82, 2.24) is 0 Å². The Morgan fingerprint density at radius 1 is 1.47 bits per heavy atom. The first-order chi connectivity index (χ1) is 6.86. The van der Waals surface area contributed by atoms with Crippen LogP contribution in [0.15, 0.2) is 23.1 Å². The van der Waals surface area contributed by atoms with Crippen molar-refractivity contribution in [1.29, 1.82) is 0 Å². The van der Waals surface area contributed by atoms with E-state index in [2.05, 4.69) is 0 Å². The molecular formula is C8H9NO5S. The van der Waals surface area contributed by atoms with E-state index < -0.39 is 20.9 Å². The van der Waals surface area contributed by atoms with Crippen LogP contribution in [-0.4, -0.2) is 26.0 Å². The molecule has 0 aliphatic heterocycles. The molecule has 3 N–H and O–H groups in total. The van der Waals surface area contributed by atoms with Gasteiger partial charge in [0, 0.05) is 5.56 Å². The third-order valence-corrected chi connectivity index (χ3v) is 2.60. The minimum Gasteiger partial charge on any atom is -0.495 e. The van der Waals surface area contributed by atoms with Crippen LogP contribution in [0.3, 0.4) is 0 Å². The SMILES string of the molecule is COc1ccc(C(N)=O)cc1S(=O)(=O)O. The van der Waals surface area contributed by atoms with Crippen molar-refractivity contribution in [2.45, 2.75) is 4.90 Å². The van der Waals surface area contributed by atoms with Crippen LogP contribution in [0.4, 0.5) is 0 Å². The second-order valence-corrected chi connectivity index (χ2v) is 4.09. The topological polar surface area (TPSA) is 107 Å². The van der Waals surface area contributed by atoms with Crippen molar-refractivity contribution in [3.63, 3.8) is 0 Å². The normalized spacial score (nSPS) is 11.1. The van der Waals surface area contributed by atoms with E-state index in [1.807, 2.05) is 0 Å². The summed E-state index contributed by atoms with van der Waals surface area (Å²) in [6.07, 6.45) is 0. The summed E-state index contributed by atoms with van der Waals surface area (Å²) in [5.74, 6) is -0.843. The Bertz CT molecular complexity index is 494. The molecule has 0 bridgehead atoms. The number of hydrogen-bond donors (Lipinski definition) is 2. The lowest BCUT2D eigenvalue weighted by Gasteiger charge is -2.06. The zero-order valence-electron chi connectivity index (χ0n) is 7.80. The highest BCUT2D eigenvalue weighted by atomic mass is 32.2. The smallest absolute Gasteiger partial charge is 0.298 e. The summed E-state index contributed by atoms with van der Waals surface area (Å²) in [6, 6.07) is 3.50. The molecule has 0 atom stereocenters. The quantitative estimate of drug-likeness (QED) is 0.714. The predicted molar refractivity (Wildman–Crippen MR) is 51.3 cm³/mol. The van der Waals surface area contributed by atoms with Gasteiger partial charge >= 0.3 is 0 Å². The van der Waals surface area contributed by atoms with Crippen LogP contribution in [-0.2, 0) is 10.1 Å². The zero-order valence-corrected chi connectivity index (χ0v) is 8.61. The fourth-order valence-electron chi connectivity index (χ4n) is 1.03. The Morgan fingerprint density at radius 3 is 2.47 bits per heavy atom. The van der Waals surface area contributed by atoms with E-state index in [1.165, 1.54) is 19.2 Å². The van der Waals surface area contributed by atoms with Crippen LogP contribution in [0.1, 0.15) is 10.4 Å². The predicted octanol–water partition coefficient (Wildman–Crippen LogP) is 0.0408. The van der Waals surface area contributed by atoms with Crippen LogP contribution in [0.25, 0.3) is 0 Å². The van der Waals surface area contributed by atoms with Crippen LogP contribution in [0.5, 0.6) is 5.75 Å². The van der Waals surface area contributed by atoms with E-state index in [0.717, 1.165) is 6.07 Å². The fourth-order valence-corrected chi connectivity index (χ4v) is 1.71. The van der Waals surface area contributed by atoms with E-state index in [4.69, 9.17) is 15.0 Å². The Kier molecular flexibility index (Phi) is 2.96. The van der Waals surface area contributed by atoms with E-state index in [0.29, 0.717) is 0 Å². The molecule has 0 fully saturated rings. The molecule has 0 unspecified atom stereocenters. The number of ether oxygens (including phenoxy) is 1. The lowest BCUT2D eigenvalue weighted by molar-refractivity contribution is 0.1000. The van der Waals surface area contributed by atoms with E-state index in [9.17, 15) is 13.2 Å². The molecule has 15 heavy (non-hydrogen) atoms. The van der Waals surface area contributed by atoms with Gasteiger partial charge in [0.15, 0.2) is 0 Å². The summed E-state index contributed by atoms with van der Waals surface area (Å²) in [4.78, 5) is 10.3. The van der Waals surface area contributed by atoms with Gasteiger partial charge in [0.1, 0.15) is 10.6 Å². The van der Waals surface area contributed by atoms with Gasteiger partial charge in [0.05, 0.1) is 7.11 Å². The number of hydrogen-bond acceptors (Lipinski definition) is 4. The maximum absolute atomic E-state index is 10.9. The maximum Gasteiger partial charge on any atom is 0.298 e. The van der Waals surface area contributed by atoms with Crippen molar-refractivity contribution in [3.05, 3.63) is 23.8 Å². The number of primary amides is 1. The molecule has 1 aromatic rings. The van der Waals surface area contributed by atoms with Gasteiger partial charge in [-0.2, -0.15) is 8.42 Å². The van der Waals surface area contributed by atoms with Crippen molar-refractivity contribution in [2.75, 3.05) is 7.11 Å². The maximum atomic E-state index is 10.9. The second kappa shape index (κ2) is 3.87. The van der Waals surface area contributed by atoms with Crippen LogP contribution >= 0.6 is 0 Å². The molecule has 1 amide bonds. The molecular weight excluding hydrogens is 222 g/mol. The fraction of sp³-hybridized carbons (Fsp3) is 0.125. The van der Waals surface area contributed by atoms with Crippen molar-refractivity contribution in [2.24, 2.45) is 5.73 Å². The Labute approximate surface area is 86.4 Å². The molecule has 0 spiro atoms. The number of nitrogens with two attached hydrogens (primary N) is 1. The Morgan fingerprint density at radius 2 is 2.07 bits per heavy atom. The van der Waals surface area contributed by atoms with Gasteiger partial charge in [-0.05, 0) is 18.2 Å². The third kappa shape index (κ3) is 2.45. The Balaban J connectivity index is 3.46. The summed E-state index contributed by atoms with van der Waals surface area (Å²) in [5, 5.41) is 0. The molecule has 1 rings (SSSR count). The van der Waals surface area contributed by atoms with Crippen LogP contribution in [0.2, 0.25) is 0 Å². The van der Waals surface area contributed by atoms with Gasteiger partial charge in [0.25, 0.3) is 10.1 Å². The monoisotopic (exact) mass is 231 g/mol. The van der Waals surface area contributed by atoms with Gasteiger partial charge < -0.3 is 10.5 Å². The van der Waals surface area contributed by atoms with E-state index >= 15 is 0 Å². The number of rotatable bonds is 3. The highest BCUT2D eigenvalue weighted by Gasteiger charge is 2.18. The minimum absolute atomic E-state index is 0.0246. The molecule has 0 radical (unpaired) electrons. The van der Waals surface area contributed by atoms with E-state index in [1.54, 1.807) is 0 Å². The molecule has 0 saturated heterocycles. The summed E-state index contributed by atoms with van der Waals surface area (Å²) < 4.78 is 35.4. The summed E-state index contributed by atoms with van der Waals surface area (Å²) in [6.45, 7) is 0. The molecule has 0 heterocycles. The van der Waals surface area contributed by atoms with Crippen LogP contribution in [0, 0.1) is 0 Å². The lowest BCUT2D eigenvalue weighted by Crippen LogP contribution is -2.12. The largest absolute Gasteiger partial charge is 0.495 e. The first kappa shape index (κ1) is 11.5. The average molecular weight is 231 g/mol. The molecule has 82 valence electrons. The number of benzene rings is 1. The lowest BCUT2D eigenvalue weighted by atomic mass is 10.2. The Hall–Kier alpha value is -1.60. The summed E-state index contributed by atoms with van der Waals surface area (Å²) in [5.41, 5.74) is 4.94. The minimum atomic E-state index is -4.43. The summed E-state index contributed by atoms with van der Waals surface area (Å²) in [7, 11) is -3.19. The number of methoxy groups -OCH3 is 1. The molecule has 0 aromatic heterocycles. The number of carbonyl (C=O) groups excluding carboxylic acids is 1. The molecule has 0 aliphatic carbocycles. The summed E-state index contributed by atoms with van der Waals surface area (Å²) >= 11 is 0. The molecule has 0 saturated carbocycles. The van der Waals surface area contributed by atoms with Crippen LogP contribution < -0.4 is 10.5 Å². The molecule has 7 heteroatoms. The first-order valence-electron chi connectivity index (χ1n) is 3.81. The molecule has 1 aromatic carbocycles. The van der Waals surface area contributed by atoms with Gasteiger partial charge in [-0.1, -0.05) is 0 Å². The van der Waals surface area contributed by atoms with Gasteiger partial charge in [0.2, 0.25) is 5.91 Å². The zero-order chi connectivity index (χ0) is 11.6. The third-order valence-electron chi connectivity index (χ3n) is 1.73. The standard InChI is InChI=1S/C8H9NO5S/c1-14-6-3-2-5(8(9)10)4-7(6)15(11,12)13/h2-4H,1H3,(H2,9,10)(H,11,12,13). The number of carbonyl (C=O) groups is 1. The van der Waals surface area contributed by atoms with Gasteiger partial charge in [-0.25, -0.2) is 0 Å². The number of amides is 1.